The molecular weight excluding hydrogens is 1260 g/mol. The summed E-state index contributed by atoms with van der Waals surface area (Å²) in [5.74, 6) is -3.12. The third kappa shape index (κ3) is 14.0. The van der Waals surface area contributed by atoms with Crippen LogP contribution in [0.15, 0.2) is 131 Å². The van der Waals surface area contributed by atoms with Crippen LogP contribution < -0.4 is 46.5 Å². The van der Waals surface area contributed by atoms with E-state index in [0.717, 1.165) is 47.9 Å². The van der Waals surface area contributed by atoms with Crippen molar-refractivity contribution in [1.29, 1.82) is 0 Å². The quantitative estimate of drug-likeness (QED) is 0.0708. The number of esters is 4. The number of hydrogen-bond acceptors (Lipinski definition) is 16. The Morgan fingerprint density at radius 1 is 0.581 bits per heavy atom. The molecule has 22 heteroatoms. The van der Waals surface area contributed by atoms with Crippen LogP contribution in [-0.2, 0) is 69.3 Å². The third-order valence-corrected chi connectivity index (χ3v) is 23.7. The van der Waals surface area contributed by atoms with Gasteiger partial charge >= 0.3 is 53.4 Å². The molecule has 0 amide bonds. The van der Waals surface area contributed by atoms with E-state index in [1.165, 1.54) is 40.4 Å². The average Bonchev–Trinajstić information content (AvgIpc) is 1.66. The van der Waals surface area contributed by atoms with Gasteiger partial charge in [0.15, 0.2) is 29.3 Å². The number of phenols is 2. The number of aromatic hydroxyl groups is 2. The molecule has 86 heavy (non-hydrogen) atoms. The zero-order chi connectivity index (χ0) is 59.5. The molecule has 5 aliphatic carbocycles. The first-order chi connectivity index (χ1) is 40.0. The summed E-state index contributed by atoms with van der Waals surface area (Å²) in [6, 6.07) is 34.7. The summed E-state index contributed by atoms with van der Waals surface area (Å²) in [6.45, 7) is 7.93. The van der Waals surface area contributed by atoms with Crippen LogP contribution in [0.4, 0.5) is 0 Å². The van der Waals surface area contributed by atoms with Gasteiger partial charge in [-0.3, -0.25) is 19.2 Å². The monoisotopic (exact) mass is 1320 g/mol. The molecule has 5 aromatic carbocycles. The number of benzene rings is 5. The van der Waals surface area contributed by atoms with E-state index in [4.69, 9.17) is 18.9 Å². The molecule has 2 N–H and O–H groups in total. The number of phenolic OH excluding ortho intramolecular Hbond substituents is 2. The molecule has 8 bridgehead atoms. The molecule has 13 atom stereocenters. The smallest absolute Gasteiger partial charge is 1.00 e. The molecule has 10 aliphatic rings. The third-order valence-electron chi connectivity index (χ3n) is 17.6. The largest absolute Gasteiger partial charge is 1.00 e. The van der Waals surface area contributed by atoms with Gasteiger partial charge in [0, 0.05) is 62.9 Å². The number of carbonyl (C=O) groups is 4. The molecule has 6 aromatic rings. The van der Waals surface area contributed by atoms with Crippen molar-refractivity contribution in [1.82, 2.24) is 0 Å². The van der Waals surface area contributed by atoms with E-state index in [-0.39, 0.29) is 104 Å². The Labute approximate surface area is 539 Å². The summed E-state index contributed by atoms with van der Waals surface area (Å²) in [6.07, 6.45) is 12.6. The summed E-state index contributed by atoms with van der Waals surface area (Å²) in [5, 5.41) is 23.3. The minimum Gasteiger partial charge on any atom is -1.00 e. The molecule has 8 fully saturated rings. The fourth-order valence-electron chi connectivity index (χ4n) is 14.2. The molecule has 6 heterocycles. The Morgan fingerprint density at radius 2 is 1.00 bits per heavy atom. The fraction of sp³-hybridized carbons (Fsp3) is 0.406. The van der Waals surface area contributed by atoms with Gasteiger partial charge in [0.1, 0.15) is 67.7 Å². The van der Waals surface area contributed by atoms with Gasteiger partial charge in [-0.15, -0.1) is 0 Å². The zero-order valence-electron chi connectivity index (χ0n) is 48.2. The molecule has 450 valence electrons. The van der Waals surface area contributed by atoms with E-state index in [1.807, 2.05) is 27.7 Å². The van der Waals surface area contributed by atoms with Crippen LogP contribution >= 0.6 is 10.5 Å². The summed E-state index contributed by atoms with van der Waals surface area (Å²) >= 11 is 0. The maximum absolute atomic E-state index is 11.8. The molecule has 0 spiro atoms. The van der Waals surface area contributed by atoms with Crippen LogP contribution in [0.2, 0.25) is 0 Å². The number of ether oxygens (including phenoxy) is 4. The normalized spacial score (nSPS) is 27.6. The van der Waals surface area contributed by atoms with Gasteiger partial charge in [-0.25, -0.2) is 16.8 Å². The van der Waals surface area contributed by atoms with Gasteiger partial charge in [-0.1, -0.05) is 60.7 Å². The van der Waals surface area contributed by atoms with Crippen molar-refractivity contribution in [2.75, 3.05) is 11.5 Å². The van der Waals surface area contributed by atoms with E-state index in [0.29, 0.717) is 60.2 Å². The summed E-state index contributed by atoms with van der Waals surface area (Å²) in [7, 11) is -9.34. The molecule has 0 radical (unpaired) electrons. The Hall–Kier alpha value is -5.07. The number of carbonyl (C=O) groups excluding carboxylic acids is 4. The Balaban J connectivity index is 0.000000136. The van der Waals surface area contributed by atoms with Crippen LogP contribution in [0.3, 0.4) is 0 Å². The fourth-order valence-corrected chi connectivity index (χ4v) is 20.4. The number of allylic oxidation sites excluding steroid dienone is 3. The SMILES string of the molecule is Cc1cc(-[s+]2c3ccccc3c3ccccc32)cc(C)c1O.Cc1cc([S+]2c3ccccc3C3C=CC=CC32)cc(C)c1O.O=C(CS(=O)(=O)[O-])OC1C2CC3CC(C2)C(=O)OC1C3.O=C(CS(=O)(=O)[O-])OC1C2CC3CC(C2)C(=O)OC1C3.[Br-].[Na+]. The van der Waals surface area contributed by atoms with Crippen molar-refractivity contribution in [2.45, 2.75) is 124 Å². The van der Waals surface area contributed by atoms with E-state index in [1.54, 1.807) is 0 Å². The van der Waals surface area contributed by atoms with Gasteiger partial charge in [0.25, 0.3) is 0 Å². The van der Waals surface area contributed by atoms with E-state index in [2.05, 4.69) is 121 Å². The van der Waals surface area contributed by atoms with Gasteiger partial charge in [0.2, 0.25) is 0 Å². The summed E-state index contributed by atoms with van der Waals surface area (Å²) < 4.78 is 87.1. The van der Waals surface area contributed by atoms with Crippen molar-refractivity contribution in [3.63, 3.8) is 0 Å². The van der Waals surface area contributed by atoms with Crippen molar-refractivity contribution < 1.29 is 121 Å². The molecule has 4 saturated heterocycles. The van der Waals surface area contributed by atoms with Crippen LogP contribution in [-0.4, -0.2) is 101 Å². The van der Waals surface area contributed by atoms with Crippen LogP contribution in [0.5, 0.6) is 11.5 Å². The molecule has 5 aliphatic heterocycles. The number of hydrogen-bond donors (Lipinski definition) is 2. The Bertz CT molecular complexity index is 3700. The minimum atomic E-state index is -4.65. The van der Waals surface area contributed by atoms with E-state index >= 15 is 0 Å². The van der Waals surface area contributed by atoms with Crippen molar-refractivity contribution in [3.05, 3.63) is 149 Å². The Morgan fingerprint density at radius 3 is 1.47 bits per heavy atom. The summed E-state index contributed by atoms with van der Waals surface area (Å²) in [4.78, 5) is 50.7. The van der Waals surface area contributed by atoms with Crippen molar-refractivity contribution in [2.24, 2.45) is 35.5 Å². The standard InChI is InChI=1S/C20H18OS.C20H16OS.2C12H16O7S.BrH.Na/c2*1-13-11-15(12-14(2)20(13)21)22-18-9-5-3-7-16(18)17-8-4-6-10-19(17)22;2*13-10(5-20(15,16)17)19-11-7-1-6-2-8(4-7)12(14)18-9(11)3-6;;/h3-12,16,18H,1-2H3;3-12H,1-2H3;2*6-9,11H,1-5H2,(H,15,16,17);1H;/q;;;;;+1/p-1. The predicted molar refractivity (Wildman–Crippen MR) is 316 cm³/mol. The predicted octanol–water partition coefficient (Wildman–Crippen LogP) is 4.31. The molecule has 4 saturated carbocycles. The minimum absolute atomic E-state index is 0. The maximum Gasteiger partial charge on any atom is 1.00 e. The van der Waals surface area contributed by atoms with E-state index in [9.17, 15) is 55.3 Å². The first-order valence-corrected chi connectivity index (χ1v) is 34.0. The summed E-state index contributed by atoms with van der Waals surface area (Å²) in [5.41, 5.74) is 5.30. The second-order valence-corrected chi connectivity index (χ2v) is 30.4. The molecule has 16 rings (SSSR count). The van der Waals surface area contributed by atoms with Gasteiger partial charge in [-0.05, 0) is 150 Å². The zero-order valence-corrected chi connectivity index (χ0v) is 55.0. The number of aryl methyl sites for hydroxylation is 4. The van der Waals surface area contributed by atoms with E-state index < -0.39 is 68.1 Å². The van der Waals surface area contributed by atoms with Crippen molar-refractivity contribution in [3.8, 4) is 16.4 Å². The number of halogens is 1. The molecular formula is C64H66BrNaO16S4. The molecule has 13 unspecified atom stereocenters. The number of rotatable bonds is 8. The van der Waals surface area contributed by atoms with Crippen LogP contribution in [0.1, 0.15) is 85.1 Å². The topological polar surface area (TPSA) is 260 Å². The van der Waals surface area contributed by atoms with Gasteiger partial charge in [-0.2, -0.15) is 0 Å². The second kappa shape index (κ2) is 26.6. The van der Waals surface area contributed by atoms with Gasteiger partial charge < -0.3 is 55.2 Å². The number of fused-ring (bicyclic) bond motifs is 8. The average molecular weight is 1320 g/mol. The molecule has 16 nitrogen and oxygen atoms in total. The first kappa shape index (κ1) is 65.4. The van der Waals surface area contributed by atoms with Crippen LogP contribution in [0.25, 0.3) is 25.1 Å². The Kier molecular flexibility index (Phi) is 20.2. The molecule has 1 aromatic heterocycles. The number of thiophene rings is 1. The van der Waals surface area contributed by atoms with Gasteiger partial charge in [0.05, 0.1) is 28.6 Å². The van der Waals surface area contributed by atoms with Crippen molar-refractivity contribution >= 4 is 85.7 Å². The maximum atomic E-state index is 11.8. The second-order valence-electron chi connectivity index (χ2n) is 23.5. The first-order valence-electron chi connectivity index (χ1n) is 28.3. The van der Waals surface area contributed by atoms with Crippen LogP contribution in [0, 0.1) is 63.2 Å².